The van der Waals surface area contributed by atoms with Crippen LogP contribution in [-0.4, -0.2) is 27.2 Å². The summed E-state index contributed by atoms with van der Waals surface area (Å²) >= 11 is 0. The lowest BCUT2D eigenvalue weighted by atomic mass is 9.43. The molecule has 0 heterocycles. The van der Waals surface area contributed by atoms with Crippen molar-refractivity contribution in [3.8, 4) is 12.3 Å². The van der Waals surface area contributed by atoms with Crippen molar-refractivity contribution in [2.75, 3.05) is 0 Å². The summed E-state index contributed by atoms with van der Waals surface area (Å²) in [5, 5.41) is 31.5. The van der Waals surface area contributed by atoms with Crippen molar-refractivity contribution in [3.63, 3.8) is 0 Å². The molecular weight excluding hydrogens is 300 g/mol. The second-order valence-electron chi connectivity index (χ2n) is 9.68. The number of aliphatic hydroxyl groups is 3. The topological polar surface area (TPSA) is 60.7 Å². The molecule has 0 aromatic rings. The highest BCUT2D eigenvalue weighted by atomic mass is 16.5. The third-order valence-corrected chi connectivity index (χ3v) is 9.07. The number of hydrogen-bond acceptors (Lipinski definition) is 3. The number of aliphatic hydroxyl groups excluding tert-OH is 1. The maximum atomic E-state index is 10.5. The molecule has 3 nitrogen and oxygen atoms in total. The van der Waals surface area contributed by atoms with Crippen LogP contribution in [0, 0.1) is 52.8 Å². The van der Waals surface area contributed by atoms with Crippen molar-refractivity contribution in [3.05, 3.63) is 0 Å². The Morgan fingerprint density at radius 1 is 0.875 bits per heavy atom. The van der Waals surface area contributed by atoms with Crippen LogP contribution in [0.25, 0.3) is 0 Å². The van der Waals surface area contributed by atoms with E-state index < -0.39 is 5.79 Å². The van der Waals surface area contributed by atoms with E-state index in [1.807, 2.05) is 0 Å². The van der Waals surface area contributed by atoms with E-state index in [9.17, 15) is 15.3 Å². The van der Waals surface area contributed by atoms with Crippen molar-refractivity contribution in [2.24, 2.45) is 40.4 Å². The van der Waals surface area contributed by atoms with Gasteiger partial charge in [-0.15, -0.1) is 12.3 Å². The van der Waals surface area contributed by atoms with E-state index in [0.717, 1.165) is 44.9 Å². The molecule has 8 atom stereocenters. The lowest BCUT2D eigenvalue weighted by Gasteiger charge is -2.62. The Morgan fingerprint density at radius 3 is 2.29 bits per heavy atom. The summed E-state index contributed by atoms with van der Waals surface area (Å²) in [6.45, 7) is 4.51. The van der Waals surface area contributed by atoms with Crippen molar-refractivity contribution in [2.45, 2.75) is 77.1 Å². The fraction of sp³-hybridized carbons (Fsp3) is 0.905. The van der Waals surface area contributed by atoms with Gasteiger partial charge in [0.05, 0.1) is 6.10 Å². The van der Waals surface area contributed by atoms with Gasteiger partial charge in [-0.25, -0.2) is 0 Å². The molecule has 4 aliphatic carbocycles. The summed E-state index contributed by atoms with van der Waals surface area (Å²) in [4.78, 5) is 0. The predicted molar refractivity (Wildman–Crippen MR) is 92.6 cm³/mol. The molecule has 0 aliphatic heterocycles. The Kier molecular flexibility index (Phi) is 3.67. The highest BCUT2D eigenvalue weighted by molar-refractivity contribution is 5.15. The molecule has 0 amide bonds. The van der Waals surface area contributed by atoms with Crippen LogP contribution in [0.15, 0.2) is 0 Å². The first-order valence-electron chi connectivity index (χ1n) is 9.83. The van der Waals surface area contributed by atoms with E-state index >= 15 is 0 Å². The van der Waals surface area contributed by atoms with Crippen LogP contribution in [0.2, 0.25) is 0 Å². The minimum atomic E-state index is -1.50. The van der Waals surface area contributed by atoms with E-state index in [4.69, 9.17) is 6.42 Å². The maximum Gasteiger partial charge on any atom is 0.168 e. The van der Waals surface area contributed by atoms with Crippen LogP contribution in [-0.2, 0) is 0 Å². The molecule has 0 radical (unpaired) electrons. The van der Waals surface area contributed by atoms with Gasteiger partial charge in [-0.2, -0.15) is 0 Å². The third kappa shape index (κ3) is 1.97. The summed E-state index contributed by atoms with van der Waals surface area (Å²) in [6.07, 6.45) is 13.0. The average molecular weight is 332 g/mol. The van der Waals surface area contributed by atoms with Gasteiger partial charge in [-0.3, -0.25) is 0 Å². The largest absolute Gasteiger partial charge is 0.392 e. The number of fused-ring (bicyclic) bond motifs is 5. The van der Waals surface area contributed by atoms with E-state index in [-0.39, 0.29) is 22.9 Å². The lowest BCUT2D eigenvalue weighted by Crippen LogP contribution is -2.58. The minimum Gasteiger partial charge on any atom is -0.392 e. The van der Waals surface area contributed by atoms with E-state index in [2.05, 4.69) is 19.8 Å². The first-order valence-corrected chi connectivity index (χ1v) is 9.83. The van der Waals surface area contributed by atoms with Crippen LogP contribution in [0.4, 0.5) is 0 Å². The summed E-state index contributed by atoms with van der Waals surface area (Å²) in [5.74, 6) is 3.45. The zero-order valence-corrected chi connectivity index (χ0v) is 15.0. The normalized spacial score (nSPS) is 55.8. The van der Waals surface area contributed by atoms with E-state index in [0.29, 0.717) is 30.1 Å². The molecule has 4 rings (SSSR count). The predicted octanol–water partition coefficient (Wildman–Crippen LogP) is 2.93. The van der Waals surface area contributed by atoms with Gasteiger partial charge in [-0.05, 0) is 74.0 Å². The molecular formula is C21H32O3. The fourth-order valence-corrected chi connectivity index (χ4v) is 7.57. The monoisotopic (exact) mass is 332 g/mol. The fourth-order valence-electron chi connectivity index (χ4n) is 7.57. The van der Waals surface area contributed by atoms with Crippen LogP contribution in [0.3, 0.4) is 0 Å². The van der Waals surface area contributed by atoms with Crippen LogP contribution in [0.5, 0.6) is 0 Å². The smallest absolute Gasteiger partial charge is 0.168 e. The van der Waals surface area contributed by atoms with Gasteiger partial charge in [0.15, 0.2) is 5.79 Å². The van der Waals surface area contributed by atoms with Gasteiger partial charge < -0.3 is 15.3 Å². The summed E-state index contributed by atoms with van der Waals surface area (Å²) in [7, 11) is 0. The highest BCUT2D eigenvalue weighted by Gasteiger charge is 2.65. The van der Waals surface area contributed by atoms with Gasteiger partial charge in [0, 0.05) is 17.8 Å². The Morgan fingerprint density at radius 2 is 1.58 bits per heavy atom. The first kappa shape index (κ1) is 16.9. The second kappa shape index (κ2) is 5.22. The van der Waals surface area contributed by atoms with Crippen LogP contribution >= 0.6 is 0 Å². The Bertz CT molecular complexity index is 564. The zero-order valence-electron chi connectivity index (χ0n) is 15.0. The number of hydrogen-bond donors (Lipinski definition) is 3. The van der Waals surface area contributed by atoms with Gasteiger partial charge in [0.1, 0.15) is 0 Å². The molecule has 134 valence electrons. The van der Waals surface area contributed by atoms with Gasteiger partial charge in [-0.1, -0.05) is 13.8 Å². The minimum absolute atomic E-state index is 0.00337. The molecule has 0 spiro atoms. The Balaban J connectivity index is 1.66. The van der Waals surface area contributed by atoms with E-state index in [1.165, 1.54) is 0 Å². The molecule has 0 unspecified atom stereocenters. The molecule has 0 aromatic carbocycles. The average Bonchev–Trinajstić information content (AvgIpc) is 2.78. The zero-order chi connectivity index (χ0) is 17.3. The standard InChI is InChI=1S/C21H32O3/c1-4-13-15-6-5-14-16(19(15,2)10-9-18(13)22)7-11-20(3)17(14)8-12-21(20,23)24/h1,13-18,22-24H,5-12H2,2-3H3/t13-,14-,15+,16+,17+,18-,19+,20+/m1/s1. The van der Waals surface area contributed by atoms with Crippen LogP contribution < -0.4 is 0 Å². The lowest BCUT2D eigenvalue weighted by molar-refractivity contribution is -0.253. The Hall–Kier alpha value is -0.560. The van der Waals surface area contributed by atoms with Crippen LogP contribution in [0.1, 0.15) is 65.2 Å². The molecule has 3 heteroatoms. The van der Waals surface area contributed by atoms with Crippen molar-refractivity contribution >= 4 is 0 Å². The van der Waals surface area contributed by atoms with E-state index in [1.54, 1.807) is 0 Å². The molecule has 0 bridgehead atoms. The molecule has 0 aromatic heterocycles. The molecule has 3 N–H and O–H groups in total. The molecule has 4 fully saturated rings. The van der Waals surface area contributed by atoms with Crippen molar-refractivity contribution in [1.82, 2.24) is 0 Å². The van der Waals surface area contributed by atoms with Gasteiger partial charge in [0.2, 0.25) is 0 Å². The summed E-state index contributed by atoms with van der Waals surface area (Å²) in [5.41, 5.74) is -0.145. The number of rotatable bonds is 0. The first-order chi connectivity index (χ1) is 11.2. The highest BCUT2D eigenvalue weighted by Crippen LogP contribution is 2.68. The number of terminal acetylenes is 1. The van der Waals surface area contributed by atoms with Gasteiger partial charge >= 0.3 is 0 Å². The maximum absolute atomic E-state index is 10.5. The van der Waals surface area contributed by atoms with Crippen molar-refractivity contribution < 1.29 is 15.3 Å². The quantitative estimate of drug-likeness (QED) is 0.472. The summed E-state index contributed by atoms with van der Waals surface area (Å²) in [6, 6.07) is 0. The van der Waals surface area contributed by atoms with Gasteiger partial charge in [0.25, 0.3) is 0 Å². The molecule has 4 aliphatic rings. The molecule has 0 saturated heterocycles. The summed E-state index contributed by atoms with van der Waals surface area (Å²) < 4.78 is 0. The van der Waals surface area contributed by atoms with Crippen molar-refractivity contribution in [1.29, 1.82) is 0 Å². The molecule has 4 saturated carbocycles. The SMILES string of the molecule is C#C[C@H]1[C@H](O)CC[C@@]2(C)[C@H]1CC[C@@H]1[C@@H]2CC[C@@]2(C)[C@H]1CCC2(O)O. The molecule has 24 heavy (non-hydrogen) atoms. The second-order valence-corrected chi connectivity index (χ2v) is 9.68. The third-order valence-electron chi connectivity index (χ3n) is 9.07. The Labute approximate surface area is 145 Å².